The predicted octanol–water partition coefficient (Wildman–Crippen LogP) is 1.49. The molecule has 0 spiro atoms. The predicted molar refractivity (Wildman–Crippen MR) is 86.3 cm³/mol. The first kappa shape index (κ1) is 16.3. The molecule has 1 saturated heterocycles. The first-order chi connectivity index (χ1) is 11.0. The number of hydrogen-bond donors (Lipinski definition) is 3. The molecule has 4 atom stereocenters. The summed E-state index contributed by atoms with van der Waals surface area (Å²) in [5, 5.41) is 33.3. The molecule has 0 aliphatic carbocycles. The molecule has 0 unspecified atom stereocenters. The summed E-state index contributed by atoms with van der Waals surface area (Å²) >= 11 is 1.27. The third-order valence-electron chi connectivity index (χ3n) is 3.86. The zero-order chi connectivity index (χ0) is 16.6. The highest BCUT2D eigenvalue weighted by Gasteiger charge is 2.38. The van der Waals surface area contributed by atoms with Gasteiger partial charge in [-0.2, -0.15) is 0 Å². The topological polar surface area (TPSA) is 96.0 Å². The molecule has 0 amide bonds. The number of aliphatic hydroxyl groups excluding tert-OH is 3. The van der Waals surface area contributed by atoms with Crippen LogP contribution < -0.4 is 4.74 Å². The van der Waals surface area contributed by atoms with E-state index in [2.05, 4.69) is 5.16 Å². The van der Waals surface area contributed by atoms with E-state index in [-0.39, 0.29) is 0 Å². The second kappa shape index (κ2) is 6.52. The van der Waals surface area contributed by atoms with Crippen LogP contribution in [0.5, 0.6) is 5.75 Å². The Morgan fingerprint density at radius 2 is 2.00 bits per heavy atom. The van der Waals surface area contributed by atoms with Gasteiger partial charge in [0.15, 0.2) is 5.44 Å². The van der Waals surface area contributed by atoms with E-state index in [4.69, 9.17) is 9.26 Å². The smallest absolute Gasteiger partial charge is 0.173 e. The Morgan fingerprint density at radius 1 is 1.22 bits per heavy atom. The fourth-order valence-corrected chi connectivity index (χ4v) is 3.76. The molecule has 124 valence electrons. The number of aryl methyl sites for hydroxylation is 2. The Labute approximate surface area is 138 Å². The van der Waals surface area contributed by atoms with Gasteiger partial charge in [0.05, 0.1) is 11.8 Å². The molecule has 0 bridgehead atoms. The van der Waals surface area contributed by atoms with E-state index >= 15 is 0 Å². The zero-order valence-corrected chi connectivity index (χ0v) is 13.7. The Bertz CT molecular complexity index is 669. The maximum Gasteiger partial charge on any atom is 0.173 e. The minimum atomic E-state index is -1.20. The van der Waals surface area contributed by atoms with E-state index in [1.807, 2.05) is 32.0 Å². The third kappa shape index (κ3) is 3.23. The van der Waals surface area contributed by atoms with E-state index in [1.165, 1.54) is 11.8 Å². The van der Waals surface area contributed by atoms with Crippen molar-refractivity contribution in [1.29, 1.82) is 0 Å². The average molecular weight is 337 g/mol. The van der Waals surface area contributed by atoms with Crippen LogP contribution in [-0.2, 0) is 0 Å². The van der Waals surface area contributed by atoms with Crippen LogP contribution >= 0.6 is 11.8 Å². The van der Waals surface area contributed by atoms with Crippen LogP contribution in [-0.4, -0.2) is 50.0 Å². The highest BCUT2D eigenvalue weighted by molar-refractivity contribution is 7.99. The molecule has 3 N–H and O–H groups in total. The number of ether oxygens (including phenoxy) is 1. The number of nitrogens with zero attached hydrogens (tertiary/aromatic N) is 1. The van der Waals surface area contributed by atoms with Crippen LogP contribution in [0.3, 0.4) is 0 Å². The first-order valence-corrected chi connectivity index (χ1v) is 8.38. The minimum Gasteiger partial charge on any atom is -0.477 e. The Kier molecular flexibility index (Phi) is 4.63. The second-order valence-electron chi connectivity index (χ2n) is 5.60. The number of aliphatic hydroxyl groups is 3. The standard InChI is InChI=1S/C16H19NO5S/c1-8-13(9(2)22-17-8)10-4-3-5-11(6-10)21-16-15(20)14(19)12(18)7-23-16/h3-6,12,14-16,18-20H,7H2,1-2H3/t12-,14+,15-,16-/m1/s1. The number of thioether (sulfide) groups is 1. The summed E-state index contributed by atoms with van der Waals surface area (Å²) in [7, 11) is 0. The molecule has 2 aromatic rings. The molecule has 6 nitrogen and oxygen atoms in total. The fourth-order valence-electron chi connectivity index (χ4n) is 2.64. The normalized spacial score (nSPS) is 27.9. The fraction of sp³-hybridized carbons (Fsp3) is 0.438. The Hall–Kier alpha value is -1.54. The SMILES string of the molecule is Cc1noc(C)c1-c1cccc(O[C@@H]2SC[C@@H](O)[C@H](O)[C@H]2O)c1. The highest BCUT2D eigenvalue weighted by Crippen LogP contribution is 2.33. The Morgan fingerprint density at radius 3 is 2.70 bits per heavy atom. The lowest BCUT2D eigenvalue weighted by atomic mass is 10.0. The number of aromatic nitrogens is 1. The number of benzene rings is 1. The van der Waals surface area contributed by atoms with Gasteiger partial charge in [-0.3, -0.25) is 0 Å². The maximum absolute atomic E-state index is 10.0. The molecule has 0 saturated carbocycles. The quantitative estimate of drug-likeness (QED) is 0.781. The van der Waals surface area contributed by atoms with E-state index in [0.29, 0.717) is 11.5 Å². The van der Waals surface area contributed by atoms with Crippen molar-refractivity contribution in [2.45, 2.75) is 37.6 Å². The van der Waals surface area contributed by atoms with Crippen LogP contribution in [0.4, 0.5) is 0 Å². The van der Waals surface area contributed by atoms with E-state index < -0.39 is 23.7 Å². The molecule has 1 fully saturated rings. The molecule has 7 heteroatoms. The molecule has 0 radical (unpaired) electrons. The molecule has 2 heterocycles. The van der Waals surface area contributed by atoms with Crippen molar-refractivity contribution in [2.24, 2.45) is 0 Å². The molecule has 1 aromatic heterocycles. The molecule has 3 rings (SSSR count). The Balaban J connectivity index is 1.81. The lowest BCUT2D eigenvalue weighted by molar-refractivity contribution is -0.0786. The summed E-state index contributed by atoms with van der Waals surface area (Å²) < 4.78 is 11.0. The second-order valence-corrected chi connectivity index (χ2v) is 6.73. The molecule has 1 aromatic carbocycles. The van der Waals surface area contributed by atoms with Crippen LogP contribution in [0, 0.1) is 13.8 Å². The van der Waals surface area contributed by atoms with Crippen molar-refractivity contribution in [3.8, 4) is 16.9 Å². The van der Waals surface area contributed by atoms with Gasteiger partial charge in [0, 0.05) is 11.3 Å². The van der Waals surface area contributed by atoms with Gasteiger partial charge >= 0.3 is 0 Å². The van der Waals surface area contributed by atoms with Gasteiger partial charge in [-0.15, -0.1) is 11.8 Å². The van der Waals surface area contributed by atoms with Gasteiger partial charge in [0.2, 0.25) is 0 Å². The molecular formula is C16H19NO5S. The van der Waals surface area contributed by atoms with E-state index in [9.17, 15) is 15.3 Å². The van der Waals surface area contributed by atoms with Gasteiger partial charge in [0.1, 0.15) is 23.7 Å². The minimum absolute atomic E-state index is 0.312. The summed E-state index contributed by atoms with van der Waals surface area (Å²) in [5.74, 6) is 1.61. The van der Waals surface area contributed by atoms with Crippen molar-refractivity contribution in [1.82, 2.24) is 5.16 Å². The number of rotatable bonds is 3. The summed E-state index contributed by atoms with van der Waals surface area (Å²) in [6, 6.07) is 7.41. The zero-order valence-electron chi connectivity index (χ0n) is 12.8. The van der Waals surface area contributed by atoms with Crippen molar-refractivity contribution in [3.05, 3.63) is 35.7 Å². The lowest BCUT2D eigenvalue weighted by Crippen LogP contribution is -2.50. The lowest BCUT2D eigenvalue weighted by Gasteiger charge is -2.34. The van der Waals surface area contributed by atoms with Crippen LogP contribution in [0.15, 0.2) is 28.8 Å². The summed E-state index contributed by atoms with van der Waals surface area (Å²) in [4.78, 5) is 0. The maximum atomic E-state index is 10.0. The van der Waals surface area contributed by atoms with Crippen LogP contribution in [0.25, 0.3) is 11.1 Å². The van der Waals surface area contributed by atoms with Gasteiger partial charge in [-0.25, -0.2) is 0 Å². The van der Waals surface area contributed by atoms with Gasteiger partial charge in [-0.05, 0) is 31.5 Å². The van der Waals surface area contributed by atoms with Crippen molar-refractivity contribution >= 4 is 11.8 Å². The summed E-state index contributed by atoms with van der Waals surface area (Å²) in [5.41, 5.74) is 2.00. The van der Waals surface area contributed by atoms with Crippen molar-refractivity contribution in [2.75, 3.05) is 5.75 Å². The van der Waals surface area contributed by atoms with Gasteiger partial charge in [0.25, 0.3) is 0 Å². The average Bonchev–Trinajstić information content (AvgIpc) is 2.87. The van der Waals surface area contributed by atoms with Crippen molar-refractivity contribution in [3.63, 3.8) is 0 Å². The molecule has 1 aliphatic rings. The van der Waals surface area contributed by atoms with Crippen molar-refractivity contribution < 1.29 is 24.6 Å². The van der Waals surface area contributed by atoms with E-state index in [1.54, 1.807) is 6.07 Å². The molecule has 23 heavy (non-hydrogen) atoms. The summed E-state index contributed by atoms with van der Waals surface area (Å²) in [6.07, 6.45) is -3.29. The third-order valence-corrected chi connectivity index (χ3v) is 5.10. The highest BCUT2D eigenvalue weighted by atomic mass is 32.2. The van der Waals surface area contributed by atoms with Gasteiger partial charge in [-0.1, -0.05) is 17.3 Å². The van der Waals surface area contributed by atoms with E-state index in [0.717, 1.165) is 22.6 Å². The molecular weight excluding hydrogens is 318 g/mol. The molecule has 1 aliphatic heterocycles. The van der Waals surface area contributed by atoms with Crippen LogP contribution in [0.1, 0.15) is 11.5 Å². The summed E-state index contributed by atoms with van der Waals surface area (Å²) in [6.45, 7) is 3.72. The largest absolute Gasteiger partial charge is 0.477 e. The monoisotopic (exact) mass is 337 g/mol. The first-order valence-electron chi connectivity index (χ1n) is 7.33. The van der Waals surface area contributed by atoms with Gasteiger partial charge < -0.3 is 24.6 Å². The van der Waals surface area contributed by atoms with Crippen LogP contribution in [0.2, 0.25) is 0 Å². The number of hydrogen-bond acceptors (Lipinski definition) is 7.